The van der Waals surface area contributed by atoms with E-state index in [1.165, 1.54) is 12.1 Å². The monoisotopic (exact) mass is 299 g/mol. The van der Waals surface area contributed by atoms with Crippen LogP contribution in [0.3, 0.4) is 0 Å². The highest BCUT2D eigenvalue weighted by molar-refractivity contribution is 7.80. The highest BCUT2D eigenvalue weighted by Gasteiger charge is 2.19. The molecule has 0 radical (unpaired) electrons. The van der Waals surface area contributed by atoms with E-state index in [1.807, 2.05) is 6.92 Å². The van der Waals surface area contributed by atoms with Gasteiger partial charge in [0, 0.05) is 12.6 Å². The van der Waals surface area contributed by atoms with E-state index in [-0.39, 0.29) is 16.5 Å². The van der Waals surface area contributed by atoms with Crippen molar-refractivity contribution in [3.8, 4) is 0 Å². The lowest BCUT2D eigenvalue weighted by molar-refractivity contribution is -0.393. The van der Waals surface area contributed by atoms with E-state index in [0.717, 1.165) is 12.5 Å². The molecule has 1 aromatic carbocycles. The quantitative estimate of drug-likeness (QED) is 0.412. The molecular formula is C10H13N5O4S. The van der Waals surface area contributed by atoms with Crippen LogP contribution >= 0.6 is 12.2 Å². The number of nitrogens with zero attached hydrogens (tertiary/aromatic N) is 2. The summed E-state index contributed by atoms with van der Waals surface area (Å²) in [6.45, 7) is 2.63. The van der Waals surface area contributed by atoms with Gasteiger partial charge in [0.05, 0.1) is 15.9 Å². The molecule has 0 spiro atoms. The van der Waals surface area contributed by atoms with Crippen molar-refractivity contribution in [3.63, 3.8) is 0 Å². The molecule has 1 aromatic rings. The summed E-state index contributed by atoms with van der Waals surface area (Å²) in [4.78, 5) is 20.1. The first-order valence-corrected chi connectivity index (χ1v) is 6.09. The Balaban J connectivity index is 2.81. The summed E-state index contributed by atoms with van der Waals surface area (Å²) in [6.07, 6.45) is 0.875. The van der Waals surface area contributed by atoms with Crippen LogP contribution in [-0.4, -0.2) is 21.5 Å². The minimum atomic E-state index is -0.709. The summed E-state index contributed by atoms with van der Waals surface area (Å²) in [5, 5.41) is 24.6. The Bertz CT molecular complexity index is 536. The van der Waals surface area contributed by atoms with Crippen molar-refractivity contribution < 1.29 is 9.85 Å². The number of rotatable bonds is 6. The Kier molecular flexibility index (Phi) is 5.59. The van der Waals surface area contributed by atoms with Gasteiger partial charge in [-0.05, 0) is 24.7 Å². The molecule has 1 rings (SSSR count). The fourth-order valence-electron chi connectivity index (χ4n) is 1.30. The first kappa shape index (κ1) is 15.6. The molecule has 0 amide bonds. The van der Waals surface area contributed by atoms with Crippen LogP contribution in [0.4, 0.5) is 17.1 Å². The van der Waals surface area contributed by atoms with E-state index in [0.29, 0.717) is 6.54 Å². The van der Waals surface area contributed by atoms with E-state index in [2.05, 4.69) is 16.2 Å². The minimum absolute atomic E-state index is 0.0845. The van der Waals surface area contributed by atoms with Gasteiger partial charge in [-0.1, -0.05) is 6.92 Å². The number of benzene rings is 1. The molecule has 0 aromatic heterocycles. The summed E-state index contributed by atoms with van der Waals surface area (Å²) >= 11 is 4.93. The Morgan fingerprint density at radius 1 is 1.30 bits per heavy atom. The number of nitrogens with one attached hydrogen (secondary N) is 3. The van der Waals surface area contributed by atoms with Crippen molar-refractivity contribution >= 4 is 34.4 Å². The van der Waals surface area contributed by atoms with E-state index in [1.54, 1.807) is 0 Å². The molecule has 0 unspecified atom stereocenters. The smallest absolute Gasteiger partial charge is 0.300 e. The second kappa shape index (κ2) is 7.19. The summed E-state index contributed by atoms with van der Waals surface area (Å²) in [7, 11) is 0. The highest BCUT2D eigenvalue weighted by Crippen LogP contribution is 2.28. The van der Waals surface area contributed by atoms with Gasteiger partial charge in [-0.15, -0.1) is 0 Å². The highest BCUT2D eigenvalue weighted by atomic mass is 32.1. The molecule has 10 heteroatoms. The molecule has 0 aliphatic heterocycles. The van der Waals surface area contributed by atoms with Crippen molar-refractivity contribution in [2.75, 3.05) is 12.0 Å². The van der Waals surface area contributed by atoms with Crippen LogP contribution in [0.5, 0.6) is 0 Å². The van der Waals surface area contributed by atoms with E-state index in [4.69, 9.17) is 12.2 Å². The average Bonchev–Trinajstić information content (AvgIpc) is 2.42. The molecule has 0 saturated carbocycles. The van der Waals surface area contributed by atoms with Gasteiger partial charge in [-0.2, -0.15) is 0 Å². The molecule has 0 saturated heterocycles. The number of hydrazine groups is 1. The number of hydrogen-bond donors (Lipinski definition) is 3. The molecule has 3 N–H and O–H groups in total. The van der Waals surface area contributed by atoms with Crippen LogP contribution in [-0.2, 0) is 0 Å². The number of thiocarbonyl (C=S) groups is 1. The number of nitro groups is 2. The lowest BCUT2D eigenvalue weighted by Gasteiger charge is -2.11. The van der Waals surface area contributed by atoms with Gasteiger partial charge in [-0.25, -0.2) is 0 Å². The third-order valence-corrected chi connectivity index (χ3v) is 2.48. The second-order valence-electron chi connectivity index (χ2n) is 3.72. The van der Waals surface area contributed by atoms with Crippen LogP contribution < -0.4 is 16.2 Å². The SMILES string of the molecule is CCCNC(=S)NNc1ccc([N+](=O)[O-])cc1[N+](=O)[O-]. The van der Waals surface area contributed by atoms with Crippen molar-refractivity contribution in [2.24, 2.45) is 0 Å². The summed E-state index contributed by atoms with van der Waals surface area (Å²) < 4.78 is 0. The second-order valence-corrected chi connectivity index (χ2v) is 4.13. The number of hydrogen-bond acceptors (Lipinski definition) is 6. The van der Waals surface area contributed by atoms with Crippen molar-refractivity contribution in [1.82, 2.24) is 10.7 Å². The van der Waals surface area contributed by atoms with Crippen LogP contribution in [0.15, 0.2) is 18.2 Å². The molecule has 0 atom stereocenters. The molecule has 0 aliphatic rings. The summed E-state index contributed by atoms with van der Waals surface area (Å²) in [6, 6.07) is 3.29. The molecule has 0 bridgehead atoms. The first-order chi connectivity index (χ1) is 9.45. The Labute approximate surface area is 119 Å². The van der Waals surface area contributed by atoms with Crippen LogP contribution in [0, 0.1) is 20.2 Å². The summed E-state index contributed by atoms with van der Waals surface area (Å²) in [5.41, 5.74) is 4.44. The van der Waals surface area contributed by atoms with E-state index >= 15 is 0 Å². The molecule has 0 heterocycles. The number of non-ortho nitro benzene ring substituents is 1. The first-order valence-electron chi connectivity index (χ1n) is 5.68. The van der Waals surface area contributed by atoms with Crippen molar-refractivity contribution in [3.05, 3.63) is 38.4 Å². The zero-order valence-corrected chi connectivity index (χ0v) is 11.4. The lowest BCUT2D eigenvalue weighted by Crippen LogP contribution is -2.39. The van der Waals surface area contributed by atoms with Gasteiger partial charge in [0.2, 0.25) is 0 Å². The maximum Gasteiger partial charge on any atom is 0.300 e. The largest absolute Gasteiger partial charge is 0.361 e. The van der Waals surface area contributed by atoms with Gasteiger partial charge < -0.3 is 5.32 Å². The molecule has 20 heavy (non-hydrogen) atoms. The number of nitro benzene ring substituents is 2. The van der Waals surface area contributed by atoms with E-state index in [9.17, 15) is 20.2 Å². The van der Waals surface area contributed by atoms with Crippen LogP contribution in [0.2, 0.25) is 0 Å². The number of anilines is 1. The molecular weight excluding hydrogens is 286 g/mol. The van der Waals surface area contributed by atoms with Gasteiger partial charge in [0.25, 0.3) is 5.69 Å². The Morgan fingerprint density at radius 3 is 2.55 bits per heavy atom. The van der Waals surface area contributed by atoms with Crippen molar-refractivity contribution in [1.29, 1.82) is 0 Å². The molecule has 0 aliphatic carbocycles. The standard InChI is InChI=1S/C10H13N5O4S/c1-2-5-11-10(20)13-12-8-4-3-7(14(16)17)6-9(8)15(18)19/h3-4,6,12H,2,5H2,1H3,(H2,11,13,20). The van der Waals surface area contributed by atoms with Crippen LogP contribution in [0.25, 0.3) is 0 Å². The Morgan fingerprint density at radius 2 is 2.00 bits per heavy atom. The molecule has 0 fully saturated rings. The van der Waals surface area contributed by atoms with Crippen LogP contribution in [0.1, 0.15) is 13.3 Å². The Hall–Kier alpha value is -2.49. The zero-order valence-electron chi connectivity index (χ0n) is 10.6. The topological polar surface area (TPSA) is 122 Å². The fraction of sp³-hybridized carbons (Fsp3) is 0.300. The fourth-order valence-corrected chi connectivity index (χ4v) is 1.45. The summed E-state index contributed by atoms with van der Waals surface area (Å²) in [5.74, 6) is 0. The van der Waals surface area contributed by atoms with Gasteiger partial charge in [-0.3, -0.25) is 31.1 Å². The van der Waals surface area contributed by atoms with Gasteiger partial charge in [0.15, 0.2) is 5.11 Å². The lowest BCUT2D eigenvalue weighted by atomic mass is 10.2. The third kappa shape index (κ3) is 4.31. The third-order valence-electron chi connectivity index (χ3n) is 2.24. The van der Waals surface area contributed by atoms with Gasteiger partial charge in [0.1, 0.15) is 5.69 Å². The van der Waals surface area contributed by atoms with Gasteiger partial charge >= 0.3 is 5.69 Å². The van der Waals surface area contributed by atoms with E-state index < -0.39 is 15.5 Å². The average molecular weight is 299 g/mol. The minimum Gasteiger partial charge on any atom is -0.361 e. The predicted molar refractivity (Wildman–Crippen MR) is 77.4 cm³/mol. The molecule has 108 valence electrons. The zero-order chi connectivity index (χ0) is 15.1. The maximum absolute atomic E-state index is 10.9. The normalized spacial score (nSPS) is 9.65. The maximum atomic E-state index is 10.9. The van der Waals surface area contributed by atoms with Crippen molar-refractivity contribution in [2.45, 2.75) is 13.3 Å². The molecule has 9 nitrogen and oxygen atoms in total. The predicted octanol–water partition coefficient (Wildman–Crippen LogP) is 1.70.